The van der Waals surface area contributed by atoms with E-state index < -0.39 is 9.84 Å². The lowest BCUT2D eigenvalue weighted by Gasteiger charge is -2.09. The van der Waals surface area contributed by atoms with Crippen molar-refractivity contribution >= 4 is 21.4 Å². The lowest BCUT2D eigenvalue weighted by Crippen LogP contribution is -2.29. The van der Waals surface area contributed by atoms with Gasteiger partial charge in [0.1, 0.15) is 5.56 Å². The first-order valence-electron chi connectivity index (χ1n) is 8.40. The average molecular weight is 370 g/mol. The van der Waals surface area contributed by atoms with Crippen molar-refractivity contribution in [1.29, 1.82) is 0 Å². The van der Waals surface area contributed by atoms with Gasteiger partial charge in [-0.2, -0.15) is 5.10 Å². The highest BCUT2D eigenvalue weighted by atomic mass is 32.2. The van der Waals surface area contributed by atoms with E-state index in [0.29, 0.717) is 24.2 Å². The molecule has 1 atom stereocenters. The lowest BCUT2D eigenvalue weighted by molar-refractivity contribution is 0.0950. The number of nitrogens with one attached hydrogen (secondary N) is 1. The molecule has 1 N–H and O–H groups in total. The van der Waals surface area contributed by atoms with Crippen LogP contribution in [0.1, 0.15) is 16.8 Å². The lowest BCUT2D eigenvalue weighted by atomic mass is 10.1. The minimum atomic E-state index is -2.95. The number of hydrogen-bond donors (Lipinski definition) is 1. The summed E-state index contributed by atoms with van der Waals surface area (Å²) in [6.07, 6.45) is 3.74. The minimum Gasteiger partial charge on any atom is -0.352 e. The van der Waals surface area contributed by atoms with E-state index >= 15 is 0 Å². The SMILES string of the molecule is O=C(NCC1CCS(=O)(=O)C1)c1cnn2c(-c3ccccc3)ccnc12. The molecule has 0 saturated carbocycles. The number of fused-ring (bicyclic) bond motifs is 1. The fraction of sp³-hybridized carbons (Fsp3) is 0.278. The Labute approximate surface area is 151 Å². The second-order valence-electron chi connectivity index (χ2n) is 6.47. The van der Waals surface area contributed by atoms with Crippen LogP contribution in [-0.2, 0) is 9.84 Å². The second kappa shape index (κ2) is 6.53. The Morgan fingerprint density at radius 2 is 2.04 bits per heavy atom. The van der Waals surface area contributed by atoms with Gasteiger partial charge in [0.2, 0.25) is 0 Å². The van der Waals surface area contributed by atoms with Crippen LogP contribution in [0.4, 0.5) is 0 Å². The Morgan fingerprint density at radius 3 is 2.77 bits per heavy atom. The van der Waals surface area contributed by atoms with Gasteiger partial charge in [0.05, 0.1) is 23.4 Å². The molecule has 3 heterocycles. The van der Waals surface area contributed by atoms with E-state index in [4.69, 9.17) is 0 Å². The summed E-state index contributed by atoms with van der Waals surface area (Å²) in [7, 11) is -2.95. The van der Waals surface area contributed by atoms with Crippen LogP contribution in [0, 0.1) is 5.92 Å². The van der Waals surface area contributed by atoms with Crippen LogP contribution in [0.15, 0.2) is 48.8 Å². The topological polar surface area (TPSA) is 93.4 Å². The predicted octanol–water partition coefficient (Wildman–Crippen LogP) is 1.56. The first kappa shape index (κ1) is 16.7. The number of benzene rings is 1. The third-order valence-electron chi connectivity index (χ3n) is 4.59. The molecule has 0 spiro atoms. The Morgan fingerprint density at radius 1 is 1.23 bits per heavy atom. The Balaban J connectivity index is 1.57. The molecule has 1 aliphatic heterocycles. The Hall–Kier alpha value is -2.74. The summed E-state index contributed by atoms with van der Waals surface area (Å²) >= 11 is 0. The number of sulfone groups is 1. The van der Waals surface area contributed by atoms with Crippen molar-refractivity contribution in [2.45, 2.75) is 6.42 Å². The van der Waals surface area contributed by atoms with E-state index in [-0.39, 0.29) is 23.3 Å². The summed E-state index contributed by atoms with van der Waals surface area (Å²) < 4.78 is 24.7. The normalized spacial score (nSPS) is 18.8. The monoisotopic (exact) mass is 370 g/mol. The van der Waals surface area contributed by atoms with E-state index in [9.17, 15) is 13.2 Å². The first-order chi connectivity index (χ1) is 12.5. The molecule has 1 aliphatic rings. The third-order valence-corrected chi connectivity index (χ3v) is 6.43. The Kier molecular flexibility index (Phi) is 4.20. The highest BCUT2D eigenvalue weighted by Gasteiger charge is 2.28. The summed E-state index contributed by atoms with van der Waals surface area (Å²) in [6.45, 7) is 0.341. The summed E-state index contributed by atoms with van der Waals surface area (Å²) in [4.78, 5) is 16.8. The fourth-order valence-corrected chi connectivity index (χ4v) is 5.11. The van der Waals surface area contributed by atoms with Gasteiger partial charge in [-0.05, 0) is 18.4 Å². The molecule has 1 unspecified atom stereocenters. The second-order valence-corrected chi connectivity index (χ2v) is 8.70. The number of carbonyl (C=O) groups is 1. The standard InChI is InChI=1S/C18H18N4O3S/c23-18(20-10-13-7-9-26(24,25)12-13)15-11-21-22-16(6-8-19-17(15)22)14-4-2-1-3-5-14/h1-6,8,11,13H,7,9-10,12H2,(H,20,23). The molecule has 0 bridgehead atoms. The molecule has 1 saturated heterocycles. The minimum absolute atomic E-state index is 0.0290. The molecule has 2 aromatic heterocycles. The predicted molar refractivity (Wildman–Crippen MR) is 97.5 cm³/mol. The quantitative estimate of drug-likeness (QED) is 0.752. The number of rotatable bonds is 4. The molecule has 1 amide bonds. The third kappa shape index (κ3) is 3.20. The summed E-state index contributed by atoms with van der Waals surface area (Å²) in [5, 5.41) is 7.14. The van der Waals surface area contributed by atoms with Crippen molar-refractivity contribution < 1.29 is 13.2 Å². The van der Waals surface area contributed by atoms with Gasteiger partial charge in [0.25, 0.3) is 5.91 Å². The number of aromatic nitrogens is 3. The molecule has 1 aromatic carbocycles. The highest BCUT2D eigenvalue weighted by Crippen LogP contribution is 2.21. The molecule has 26 heavy (non-hydrogen) atoms. The summed E-state index contributed by atoms with van der Waals surface area (Å²) in [5.74, 6) is 0.0191. The van der Waals surface area contributed by atoms with E-state index in [2.05, 4.69) is 15.4 Å². The molecular weight excluding hydrogens is 352 g/mol. The maximum absolute atomic E-state index is 12.5. The van der Waals surface area contributed by atoms with E-state index in [1.54, 1.807) is 10.7 Å². The molecule has 8 heteroatoms. The zero-order valence-corrected chi connectivity index (χ0v) is 14.8. The van der Waals surface area contributed by atoms with E-state index in [0.717, 1.165) is 11.3 Å². The van der Waals surface area contributed by atoms with Gasteiger partial charge in [-0.15, -0.1) is 0 Å². The highest BCUT2D eigenvalue weighted by molar-refractivity contribution is 7.91. The average Bonchev–Trinajstić information content (AvgIpc) is 3.23. The first-order valence-corrected chi connectivity index (χ1v) is 10.2. The van der Waals surface area contributed by atoms with E-state index in [1.807, 2.05) is 36.4 Å². The maximum atomic E-state index is 12.5. The smallest absolute Gasteiger partial charge is 0.256 e. The number of carbonyl (C=O) groups excluding carboxylic acids is 1. The van der Waals surface area contributed by atoms with Crippen LogP contribution >= 0.6 is 0 Å². The fourth-order valence-electron chi connectivity index (χ4n) is 3.24. The van der Waals surface area contributed by atoms with Gasteiger partial charge in [-0.3, -0.25) is 4.79 Å². The molecule has 0 radical (unpaired) electrons. The van der Waals surface area contributed by atoms with E-state index in [1.165, 1.54) is 6.20 Å². The molecule has 134 valence electrons. The number of hydrogen-bond acceptors (Lipinski definition) is 5. The van der Waals surface area contributed by atoms with Crippen LogP contribution in [0.25, 0.3) is 16.9 Å². The largest absolute Gasteiger partial charge is 0.352 e. The van der Waals surface area contributed by atoms with Gasteiger partial charge < -0.3 is 5.32 Å². The molecule has 3 aromatic rings. The molecule has 1 fully saturated rings. The van der Waals surface area contributed by atoms with Gasteiger partial charge in [0, 0.05) is 18.3 Å². The molecule has 7 nitrogen and oxygen atoms in total. The van der Waals surface area contributed by atoms with Gasteiger partial charge in [-0.25, -0.2) is 17.9 Å². The van der Waals surface area contributed by atoms with Crippen molar-refractivity contribution in [3.8, 4) is 11.3 Å². The molecular formula is C18H18N4O3S. The summed E-state index contributed by atoms with van der Waals surface area (Å²) in [6, 6.07) is 11.6. The summed E-state index contributed by atoms with van der Waals surface area (Å²) in [5.41, 5.74) is 2.68. The number of amides is 1. The number of nitrogens with zero attached hydrogens (tertiary/aromatic N) is 3. The van der Waals surface area contributed by atoms with Crippen molar-refractivity contribution in [3.05, 3.63) is 54.4 Å². The van der Waals surface area contributed by atoms with Crippen molar-refractivity contribution in [1.82, 2.24) is 19.9 Å². The Bertz CT molecular complexity index is 1060. The zero-order chi connectivity index (χ0) is 18.1. The van der Waals surface area contributed by atoms with Crippen LogP contribution in [0.5, 0.6) is 0 Å². The molecule has 4 rings (SSSR count). The van der Waals surface area contributed by atoms with Crippen LogP contribution < -0.4 is 5.32 Å². The van der Waals surface area contributed by atoms with Crippen molar-refractivity contribution in [3.63, 3.8) is 0 Å². The maximum Gasteiger partial charge on any atom is 0.256 e. The van der Waals surface area contributed by atoms with Gasteiger partial charge >= 0.3 is 0 Å². The van der Waals surface area contributed by atoms with Gasteiger partial charge in [-0.1, -0.05) is 30.3 Å². The van der Waals surface area contributed by atoms with Crippen molar-refractivity contribution in [2.24, 2.45) is 5.92 Å². The van der Waals surface area contributed by atoms with Crippen LogP contribution in [0.3, 0.4) is 0 Å². The van der Waals surface area contributed by atoms with Crippen LogP contribution in [0.2, 0.25) is 0 Å². The molecule has 0 aliphatic carbocycles. The zero-order valence-electron chi connectivity index (χ0n) is 14.0. The van der Waals surface area contributed by atoms with Crippen LogP contribution in [-0.4, -0.2) is 47.0 Å². The van der Waals surface area contributed by atoms with Crippen molar-refractivity contribution in [2.75, 3.05) is 18.1 Å². The van der Waals surface area contributed by atoms with Gasteiger partial charge in [0.15, 0.2) is 15.5 Å².